The lowest BCUT2D eigenvalue weighted by Crippen LogP contribution is -2.25. The number of aromatic hydroxyl groups is 1. The van der Waals surface area contributed by atoms with Gasteiger partial charge >= 0.3 is 0 Å². The number of nitrogens with zero attached hydrogens (tertiary/aromatic N) is 1. The Kier molecular flexibility index (Phi) is 6.21. The minimum Gasteiger partial charge on any atom is -0.507 e. The predicted molar refractivity (Wildman–Crippen MR) is 98.0 cm³/mol. The van der Waals surface area contributed by atoms with Gasteiger partial charge in [-0.25, -0.2) is 5.43 Å². The molecule has 7 heteroatoms. The summed E-state index contributed by atoms with van der Waals surface area (Å²) in [5, 5.41) is 16.5. The number of carbonyl (C=O) groups excluding carboxylic acids is 1. The number of rotatable bonds is 6. The molecule has 0 unspecified atom stereocenters. The first-order chi connectivity index (χ1) is 11.1. The number of carbonyl (C=O) groups is 1. The van der Waals surface area contributed by atoms with E-state index in [1.807, 2.05) is 24.3 Å². The van der Waals surface area contributed by atoms with Crippen molar-refractivity contribution in [2.75, 3.05) is 19.0 Å². The van der Waals surface area contributed by atoms with Crippen molar-refractivity contribution in [3.05, 3.63) is 51.6 Å². The molecule has 1 amide bonds. The van der Waals surface area contributed by atoms with Crippen molar-refractivity contribution in [3.8, 4) is 11.5 Å². The van der Waals surface area contributed by atoms with Gasteiger partial charge in [0, 0.05) is 14.8 Å². The van der Waals surface area contributed by atoms with Crippen molar-refractivity contribution in [1.82, 2.24) is 5.43 Å². The molecule has 6 nitrogen and oxygen atoms in total. The second kappa shape index (κ2) is 8.37. The normalized spacial score (nSPS) is 10.5. The van der Waals surface area contributed by atoms with E-state index in [1.165, 1.54) is 19.4 Å². The maximum atomic E-state index is 11.7. The van der Waals surface area contributed by atoms with E-state index in [-0.39, 0.29) is 18.2 Å². The molecule has 2 rings (SSSR count). The zero-order valence-electron chi connectivity index (χ0n) is 12.4. The third-order valence-corrected chi connectivity index (χ3v) is 3.64. The highest BCUT2D eigenvalue weighted by molar-refractivity contribution is 14.1. The van der Waals surface area contributed by atoms with Gasteiger partial charge in [0.2, 0.25) is 0 Å². The van der Waals surface area contributed by atoms with Gasteiger partial charge < -0.3 is 15.2 Å². The molecular formula is C16H16IN3O3. The molecule has 0 radical (unpaired) electrons. The average Bonchev–Trinajstić information content (AvgIpc) is 2.56. The molecule has 0 saturated heterocycles. The molecule has 0 atom stereocenters. The Bertz CT molecular complexity index is 702. The maximum absolute atomic E-state index is 11.7. The lowest BCUT2D eigenvalue weighted by molar-refractivity contribution is -0.119. The van der Waals surface area contributed by atoms with E-state index in [0.29, 0.717) is 11.3 Å². The van der Waals surface area contributed by atoms with Crippen LogP contribution in [0.1, 0.15) is 5.56 Å². The van der Waals surface area contributed by atoms with Gasteiger partial charge in [0.05, 0.1) is 19.9 Å². The number of methoxy groups -OCH3 is 1. The molecule has 0 heterocycles. The zero-order valence-corrected chi connectivity index (χ0v) is 14.6. The van der Waals surface area contributed by atoms with E-state index in [2.05, 4.69) is 38.4 Å². The Morgan fingerprint density at radius 3 is 2.74 bits per heavy atom. The smallest absolute Gasteiger partial charge is 0.259 e. The Labute approximate surface area is 147 Å². The fourth-order valence-electron chi connectivity index (χ4n) is 1.73. The monoisotopic (exact) mass is 425 g/mol. The van der Waals surface area contributed by atoms with Crippen LogP contribution in [0.3, 0.4) is 0 Å². The molecule has 0 spiro atoms. The highest BCUT2D eigenvalue weighted by Gasteiger charge is 2.02. The molecule has 0 aromatic heterocycles. The number of phenols is 1. The van der Waals surface area contributed by atoms with Gasteiger partial charge in [0.25, 0.3) is 5.91 Å². The third kappa shape index (κ3) is 5.44. The van der Waals surface area contributed by atoms with Crippen molar-refractivity contribution in [2.24, 2.45) is 5.10 Å². The van der Waals surface area contributed by atoms with Gasteiger partial charge in [-0.2, -0.15) is 5.10 Å². The van der Waals surface area contributed by atoms with Gasteiger partial charge in [-0.15, -0.1) is 0 Å². The summed E-state index contributed by atoms with van der Waals surface area (Å²) < 4.78 is 6.19. The van der Waals surface area contributed by atoms with Gasteiger partial charge in [-0.3, -0.25) is 4.79 Å². The lowest BCUT2D eigenvalue weighted by Gasteiger charge is -2.05. The number of amides is 1. The standard InChI is InChI=1S/C16H16IN3O3/c1-23-14-6-7-15(21)11(8-14)9-19-20-16(22)10-18-13-4-2-12(17)3-5-13/h2-9,18,21H,10H2,1H3,(H,20,22). The van der Waals surface area contributed by atoms with E-state index >= 15 is 0 Å². The molecule has 23 heavy (non-hydrogen) atoms. The fourth-order valence-corrected chi connectivity index (χ4v) is 2.09. The van der Waals surface area contributed by atoms with E-state index in [4.69, 9.17) is 4.74 Å². The number of hydrogen-bond acceptors (Lipinski definition) is 5. The van der Waals surface area contributed by atoms with E-state index in [9.17, 15) is 9.90 Å². The fraction of sp³-hybridized carbons (Fsp3) is 0.125. The molecule has 3 N–H and O–H groups in total. The SMILES string of the molecule is COc1ccc(O)c(C=NNC(=O)CNc2ccc(I)cc2)c1. The van der Waals surface area contributed by atoms with Crippen molar-refractivity contribution in [2.45, 2.75) is 0 Å². The van der Waals surface area contributed by atoms with Crippen LogP contribution in [0.4, 0.5) is 5.69 Å². The summed E-state index contributed by atoms with van der Waals surface area (Å²) in [5.41, 5.74) is 3.70. The van der Waals surface area contributed by atoms with Crippen LogP contribution in [0, 0.1) is 3.57 Å². The zero-order chi connectivity index (χ0) is 16.7. The largest absolute Gasteiger partial charge is 0.507 e. The lowest BCUT2D eigenvalue weighted by atomic mass is 10.2. The Morgan fingerprint density at radius 2 is 2.04 bits per heavy atom. The maximum Gasteiger partial charge on any atom is 0.259 e. The second-order valence-electron chi connectivity index (χ2n) is 4.58. The molecule has 0 aliphatic rings. The topological polar surface area (TPSA) is 83.0 Å². The van der Waals surface area contributed by atoms with Gasteiger partial charge in [-0.1, -0.05) is 0 Å². The first kappa shape index (κ1) is 17.1. The predicted octanol–water partition coefficient (Wildman–Crippen LogP) is 2.57. The highest BCUT2D eigenvalue weighted by Crippen LogP contribution is 2.20. The van der Waals surface area contributed by atoms with Gasteiger partial charge in [0.1, 0.15) is 11.5 Å². The van der Waals surface area contributed by atoms with Crippen LogP contribution in [-0.4, -0.2) is 30.9 Å². The molecule has 2 aromatic rings. The quantitative estimate of drug-likeness (QED) is 0.378. The minimum absolute atomic E-state index is 0.0563. The van der Waals surface area contributed by atoms with Crippen LogP contribution in [-0.2, 0) is 4.79 Å². The van der Waals surface area contributed by atoms with E-state index < -0.39 is 0 Å². The first-order valence-electron chi connectivity index (χ1n) is 6.77. The van der Waals surface area contributed by atoms with E-state index in [1.54, 1.807) is 12.1 Å². The Hall–Kier alpha value is -2.29. The molecular weight excluding hydrogens is 409 g/mol. The number of hydrogen-bond donors (Lipinski definition) is 3. The number of anilines is 1. The van der Waals surface area contributed by atoms with Crippen molar-refractivity contribution < 1.29 is 14.6 Å². The van der Waals surface area contributed by atoms with Crippen LogP contribution in [0.5, 0.6) is 11.5 Å². The van der Waals surface area contributed by atoms with Crippen LogP contribution in [0.15, 0.2) is 47.6 Å². The van der Waals surface area contributed by atoms with Gasteiger partial charge in [-0.05, 0) is 65.1 Å². The summed E-state index contributed by atoms with van der Waals surface area (Å²) in [7, 11) is 1.53. The number of phenolic OH excluding ortho intramolecular Hbond substituents is 1. The number of nitrogens with one attached hydrogen (secondary N) is 2. The Balaban J connectivity index is 1.85. The van der Waals surface area contributed by atoms with Crippen LogP contribution >= 0.6 is 22.6 Å². The molecule has 0 saturated carbocycles. The number of halogens is 1. The van der Waals surface area contributed by atoms with Crippen LogP contribution in [0.2, 0.25) is 0 Å². The summed E-state index contributed by atoms with van der Waals surface area (Å²) in [6.07, 6.45) is 1.36. The molecule has 120 valence electrons. The molecule has 0 aliphatic carbocycles. The van der Waals surface area contributed by atoms with E-state index in [0.717, 1.165) is 9.26 Å². The van der Waals surface area contributed by atoms with Crippen molar-refractivity contribution in [1.29, 1.82) is 0 Å². The minimum atomic E-state index is -0.290. The molecule has 0 fully saturated rings. The summed E-state index contributed by atoms with van der Waals surface area (Å²) in [4.78, 5) is 11.7. The summed E-state index contributed by atoms with van der Waals surface area (Å²) in [5.74, 6) is 0.360. The Morgan fingerprint density at radius 1 is 1.30 bits per heavy atom. The highest BCUT2D eigenvalue weighted by atomic mass is 127. The van der Waals surface area contributed by atoms with Crippen LogP contribution in [0.25, 0.3) is 0 Å². The van der Waals surface area contributed by atoms with Crippen molar-refractivity contribution >= 4 is 40.4 Å². The number of benzene rings is 2. The molecule has 2 aromatic carbocycles. The van der Waals surface area contributed by atoms with Crippen molar-refractivity contribution in [3.63, 3.8) is 0 Å². The molecule has 0 bridgehead atoms. The number of ether oxygens (including phenoxy) is 1. The summed E-state index contributed by atoms with van der Waals surface area (Å²) in [6.45, 7) is 0.0992. The summed E-state index contributed by atoms with van der Waals surface area (Å²) in [6, 6.07) is 12.4. The first-order valence-corrected chi connectivity index (χ1v) is 7.84. The average molecular weight is 425 g/mol. The number of hydrazone groups is 1. The third-order valence-electron chi connectivity index (χ3n) is 2.92. The molecule has 0 aliphatic heterocycles. The van der Waals surface area contributed by atoms with Gasteiger partial charge in [0.15, 0.2) is 0 Å². The van der Waals surface area contributed by atoms with Crippen LogP contribution < -0.4 is 15.5 Å². The summed E-state index contributed by atoms with van der Waals surface area (Å²) >= 11 is 2.21. The second-order valence-corrected chi connectivity index (χ2v) is 5.82.